The average Bonchev–Trinajstić information content (AvgIpc) is 2.54. The second kappa shape index (κ2) is 8.89. The largest absolute Gasteiger partial charge is 0.352 e. The van der Waals surface area contributed by atoms with Crippen molar-refractivity contribution in [2.45, 2.75) is 18.7 Å². The van der Waals surface area contributed by atoms with Gasteiger partial charge in [0.25, 0.3) is 0 Å². The zero-order valence-electron chi connectivity index (χ0n) is 12.3. The summed E-state index contributed by atoms with van der Waals surface area (Å²) in [5.74, 6) is -0.896. The fraction of sp³-hybridized carbons (Fsp3) is 0.235. The predicted molar refractivity (Wildman–Crippen MR) is 90.4 cm³/mol. The molecule has 122 valence electrons. The summed E-state index contributed by atoms with van der Waals surface area (Å²) in [4.78, 5) is 11.8. The number of amides is 1. The molecule has 1 amide bonds. The molecule has 0 heterocycles. The van der Waals surface area contributed by atoms with Crippen molar-refractivity contribution in [3.8, 4) is 0 Å². The molecular formula is C17H16ClF2NOS. The van der Waals surface area contributed by atoms with Crippen LogP contribution in [0.2, 0.25) is 5.02 Å². The molecule has 0 radical (unpaired) electrons. The third-order valence-electron chi connectivity index (χ3n) is 3.20. The van der Waals surface area contributed by atoms with Crippen molar-refractivity contribution >= 4 is 29.3 Å². The van der Waals surface area contributed by atoms with E-state index >= 15 is 0 Å². The summed E-state index contributed by atoms with van der Waals surface area (Å²) >= 11 is 7.40. The van der Waals surface area contributed by atoms with Crippen molar-refractivity contribution in [2.75, 3.05) is 5.75 Å². The zero-order valence-corrected chi connectivity index (χ0v) is 13.9. The third kappa shape index (κ3) is 5.52. The molecule has 2 aromatic carbocycles. The van der Waals surface area contributed by atoms with E-state index in [4.69, 9.17) is 11.6 Å². The number of rotatable bonds is 7. The number of carbonyl (C=O) groups excluding carboxylic acids is 1. The first kappa shape index (κ1) is 17.8. The molecule has 0 aliphatic heterocycles. The number of carbonyl (C=O) groups is 1. The van der Waals surface area contributed by atoms with E-state index in [0.29, 0.717) is 35.1 Å². The molecule has 2 rings (SSSR count). The molecule has 6 heteroatoms. The first-order valence-corrected chi connectivity index (χ1v) is 8.62. The van der Waals surface area contributed by atoms with Gasteiger partial charge in [0.1, 0.15) is 0 Å². The van der Waals surface area contributed by atoms with E-state index in [-0.39, 0.29) is 5.91 Å². The van der Waals surface area contributed by atoms with E-state index in [1.165, 1.54) is 17.8 Å². The minimum Gasteiger partial charge on any atom is -0.352 e. The van der Waals surface area contributed by atoms with Gasteiger partial charge in [-0.25, -0.2) is 8.78 Å². The van der Waals surface area contributed by atoms with Gasteiger partial charge < -0.3 is 5.32 Å². The minimum atomic E-state index is -0.847. The summed E-state index contributed by atoms with van der Waals surface area (Å²) in [6.45, 7) is 0.377. The lowest BCUT2D eigenvalue weighted by atomic mass is 10.2. The van der Waals surface area contributed by atoms with Crippen LogP contribution >= 0.6 is 23.4 Å². The fourth-order valence-electron chi connectivity index (χ4n) is 1.93. The van der Waals surface area contributed by atoms with Crippen LogP contribution in [-0.4, -0.2) is 11.7 Å². The molecule has 0 fully saturated rings. The van der Waals surface area contributed by atoms with Gasteiger partial charge in [0.15, 0.2) is 11.6 Å². The maximum absolute atomic E-state index is 13.5. The summed E-state index contributed by atoms with van der Waals surface area (Å²) in [6, 6.07) is 11.4. The monoisotopic (exact) mass is 355 g/mol. The smallest absolute Gasteiger partial charge is 0.221 e. The van der Waals surface area contributed by atoms with E-state index in [1.54, 1.807) is 12.1 Å². The Bertz CT molecular complexity index is 681. The Hall–Kier alpha value is -1.59. The van der Waals surface area contributed by atoms with Crippen LogP contribution in [0.3, 0.4) is 0 Å². The molecule has 0 aliphatic carbocycles. The van der Waals surface area contributed by atoms with Crippen LogP contribution in [0.1, 0.15) is 17.5 Å². The van der Waals surface area contributed by atoms with Gasteiger partial charge in [0.05, 0.1) is 0 Å². The first-order valence-electron chi connectivity index (χ1n) is 7.08. The second-order valence-electron chi connectivity index (χ2n) is 4.88. The number of benzene rings is 2. The van der Waals surface area contributed by atoms with E-state index in [1.807, 2.05) is 18.2 Å². The quantitative estimate of drug-likeness (QED) is 0.738. The number of thioether (sulfide) groups is 1. The first-order chi connectivity index (χ1) is 11.1. The summed E-state index contributed by atoms with van der Waals surface area (Å²) in [5, 5.41) is 3.40. The normalized spacial score (nSPS) is 10.6. The van der Waals surface area contributed by atoms with Crippen LogP contribution in [0.5, 0.6) is 0 Å². The molecule has 1 N–H and O–H groups in total. The second-order valence-corrected chi connectivity index (χ2v) is 6.40. The number of hydrogen-bond donors (Lipinski definition) is 1. The molecule has 0 bridgehead atoms. The standard InChI is InChI=1S/C17H16ClF2NOS/c18-14-6-2-1-4-12(14)10-21-16(22)8-9-23-11-13-5-3-7-15(19)17(13)20/h1-7H,8-11H2,(H,21,22). The molecule has 0 atom stereocenters. The highest BCUT2D eigenvalue weighted by Crippen LogP contribution is 2.18. The number of nitrogens with one attached hydrogen (secondary N) is 1. The molecular weight excluding hydrogens is 340 g/mol. The van der Waals surface area contributed by atoms with Crippen LogP contribution in [0.15, 0.2) is 42.5 Å². The molecule has 23 heavy (non-hydrogen) atoms. The molecule has 0 unspecified atom stereocenters. The lowest BCUT2D eigenvalue weighted by Gasteiger charge is -2.07. The van der Waals surface area contributed by atoms with Crippen LogP contribution in [0.4, 0.5) is 8.78 Å². The Labute approximate surface area is 143 Å². The minimum absolute atomic E-state index is 0.0999. The van der Waals surface area contributed by atoms with Gasteiger partial charge in [-0.15, -0.1) is 0 Å². The highest BCUT2D eigenvalue weighted by molar-refractivity contribution is 7.98. The molecule has 0 aliphatic rings. The van der Waals surface area contributed by atoms with Gasteiger partial charge in [0.2, 0.25) is 5.91 Å². The van der Waals surface area contributed by atoms with Crippen molar-refractivity contribution in [3.63, 3.8) is 0 Å². The summed E-state index contributed by atoms with van der Waals surface area (Å²) in [7, 11) is 0. The third-order valence-corrected chi connectivity index (χ3v) is 4.57. The Morgan fingerprint density at radius 2 is 1.83 bits per heavy atom. The van der Waals surface area contributed by atoms with E-state index in [9.17, 15) is 13.6 Å². The Kier molecular flexibility index (Phi) is 6.86. The zero-order chi connectivity index (χ0) is 16.7. The van der Waals surface area contributed by atoms with Crippen molar-refractivity contribution in [1.82, 2.24) is 5.32 Å². The lowest BCUT2D eigenvalue weighted by molar-refractivity contribution is -0.120. The SMILES string of the molecule is O=C(CCSCc1cccc(F)c1F)NCc1ccccc1Cl. The van der Waals surface area contributed by atoms with Gasteiger partial charge in [-0.05, 0) is 17.7 Å². The van der Waals surface area contributed by atoms with Crippen LogP contribution in [-0.2, 0) is 17.1 Å². The molecule has 2 nitrogen and oxygen atoms in total. The fourth-order valence-corrected chi connectivity index (χ4v) is 3.05. The van der Waals surface area contributed by atoms with Crippen LogP contribution in [0.25, 0.3) is 0 Å². The number of hydrogen-bond acceptors (Lipinski definition) is 2. The molecule has 0 saturated carbocycles. The molecule has 0 aromatic heterocycles. The van der Waals surface area contributed by atoms with Gasteiger partial charge in [-0.2, -0.15) is 11.8 Å². The van der Waals surface area contributed by atoms with Crippen molar-refractivity contribution in [1.29, 1.82) is 0 Å². The van der Waals surface area contributed by atoms with Crippen LogP contribution in [0, 0.1) is 11.6 Å². The average molecular weight is 356 g/mol. The van der Waals surface area contributed by atoms with Crippen molar-refractivity contribution < 1.29 is 13.6 Å². The van der Waals surface area contributed by atoms with E-state index in [0.717, 1.165) is 11.6 Å². The topological polar surface area (TPSA) is 29.1 Å². The lowest BCUT2D eigenvalue weighted by Crippen LogP contribution is -2.23. The van der Waals surface area contributed by atoms with Gasteiger partial charge in [-0.3, -0.25) is 4.79 Å². The summed E-state index contributed by atoms with van der Waals surface area (Å²) in [6.07, 6.45) is 0.312. The predicted octanol–water partition coefficient (Wildman–Crippen LogP) is 4.56. The number of halogens is 3. The maximum Gasteiger partial charge on any atom is 0.221 e. The van der Waals surface area contributed by atoms with Crippen LogP contribution < -0.4 is 5.32 Å². The summed E-state index contributed by atoms with van der Waals surface area (Å²) < 4.78 is 26.5. The maximum atomic E-state index is 13.5. The summed E-state index contributed by atoms with van der Waals surface area (Å²) in [5.41, 5.74) is 1.17. The Balaban J connectivity index is 1.69. The molecule has 0 saturated heterocycles. The highest BCUT2D eigenvalue weighted by Gasteiger charge is 2.08. The van der Waals surface area contributed by atoms with E-state index in [2.05, 4.69) is 5.32 Å². The van der Waals surface area contributed by atoms with Crippen molar-refractivity contribution in [3.05, 3.63) is 70.2 Å². The Morgan fingerprint density at radius 1 is 1.09 bits per heavy atom. The van der Waals surface area contributed by atoms with Gasteiger partial charge in [0, 0.05) is 35.1 Å². The Morgan fingerprint density at radius 3 is 2.61 bits per heavy atom. The van der Waals surface area contributed by atoms with E-state index < -0.39 is 11.6 Å². The van der Waals surface area contributed by atoms with Gasteiger partial charge in [-0.1, -0.05) is 41.9 Å². The van der Waals surface area contributed by atoms with Crippen molar-refractivity contribution in [2.24, 2.45) is 0 Å². The molecule has 2 aromatic rings. The van der Waals surface area contributed by atoms with Gasteiger partial charge >= 0.3 is 0 Å². The highest BCUT2D eigenvalue weighted by atomic mass is 35.5. The molecule has 0 spiro atoms.